The van der Waals surface area contributed by atoms with Crippen molar-refractivity contribution in [3.05, 3.63) is 48.6 Å². The van der Waals surface area contributed by atoms with Gasteiger partial charge in [0.1, 0.15) is 13.2 Å². The van der Waals surface area contributed by atoms with E-state index in [1.807, 2.05) is 0 Å². The van der Waals surface area contributed by atoms with Crippen LogP contribution in [0.25, 0.3) is 0 Å². The lowest BCUT2D eigenvalue weighted by Gasteiger charge is -2.18. The van der Waals surface area contributed by atoms with Gasteiger partial charge in [-0.25, -0.2) is 0 Å². The highest BCUT2D eigenvalue weighted by Gasteiger charge is 2.19. The van der Waals surface area contributed by atoms with Crippen molar-refractivity contribution in [3.63, 3.8) is 0 Å². The summed E-state index contributed by atoms with van der Waals surface area (Å²) in [6.45, 7) is 6.50. The third-order valence-corrected chi connectivity index (χ3v) is 11.1. The van der Waals surface area contributed by atoms with Gasteiger partial charge in [-0.3, -0.25) is 14.4 Å². The topological polar surface area (TPSA) is 78.9 Å². The van der Waals surface area contributed by atoms with Gasteiger partial charge in [-0.15, -0.1) is 0 Å². The monoisotopic (exact) mass is 841 g/mol. The maximum atomic E-state index is 12.8. The van der Waals surface area contributed by atoms with E-state index in [1.54, 1.807) is 0 Å². The Morgan fingerprint density at radius 3 is 1.03 bits per heavy atom. The molecule has 0 aromatic carbocycles. The molecule has 1 unspecified atom stereocenters. The molecule has 0 bridgehead atoms. The number of esters is 3. The first-order valence-electron chi connectivity index (χ1n) is 25.6. The van der Waals surface area contributed by atoms with Crippen molar-refractivity contribution in [2.45, 2.75) is 264 Å². The van der Waals surface area contributed by atoms with Crippen LogP contribution in [0.3, 0.4) is 0 Å². The van der Waals surface area contributed by atoms with Crippen LogP contribution in [0.2, 0.25) is 0 Å². The number of hydrogen-bond acceptors (Lipinski definition) is 6. The molecule has 0 N–H and O–H groups in total. The highest BCUT2D eigenvalue weighted by molar-refractivity contribution is 5.71. The van der Waals surface area contributed by atoms with Gasteiger partial charge in [0.05, 0.1) is 0 Å². The van der Waals surface area contributed by atoms with Gasteiger partial charge in [-0.1, -0.05) is 211 Å². The number of allylic oxidation sites excluding steroid dienone is 8. The van der Waals surface area contributed by atoms with Crippen LogP contribution in [-0.4, -0.2) is 37.2 Å². The normalized spacial score (nSPS) is 12.4. The Balaban J connectivity index is 4.36. The molecular weight excluding hydrogens is 745 g/mol. The lowest BCUT2D eigenvalue weighted by molar-refractivity contribution is -0.167. The molecule has 0 rings (SSSR count). The molecule has 6 nitrogen and oxygen atoms in total. The minimum atomic E-state index is -0.777. The van der Waals surface area contributed by atoms with Gasteiger partial charge >= 0.3 is 17.9 Å². The Hall–Kier alpha value is -2.63. The molecule has 0 radical (unpaired) electrons. The second-order valence-corrected chi connectivity index (χ2v) is 17.1. The van der Waals surface area contributed by atoms with E-state index in [0.29, 0.717) is 19.3 Å². The van der Waals surface area contributed by atoms with Crippen LogP contribution < -0.4 is 0 Å². The first-order chi connectivity index (χ1) is 29.5. The summed E-state index contributed by atoms with van der Waals surface area (Å²) < 4.78 is 16.8. The maximum Gasteiger partial charge on any atom is 0.306 e. The lowest BCUT2D eigenvalue weighted by Crippen LogP contribution is -2.30. The quantitative estimate of drug-likeness (QED) is 0.0263. The SMILES string of the molecule is CC/C=C\C/C=C\CCCCCCCCCC(=O)OC(COC(=O)CCCCCCCCC/C=C\C/C=C\CCCCC)COC(=O)CCCCCCCCCCCCC. The Morgan fingerprint density at radius 2 is 0.650 bits per heavy atom. The lowest BCUT2D eigenvalue weighted by atomic mass is 10.1. The number of ether oxygens (including phenoxy) is 3. The largest absolute Gasteiger partial charge is 0.462 e. The van der Waals surface area contributed by atoms with Gasteiger partial charge < -0.3 is 14.2 Å². The van der Waals surface area contributed by atoms with Gasteiger partial charge in [0, 0.05) is 19.3 Å². The minimum absolute atomic E-state index is 0.0769. The zero-order chi connectivity index (χ0) is 43.7. The van der Waals surface area contributed by atoms with Crippen LogP contribution in [0.15, 0.2) is 48.6 Å². The van der Waals surface area contributed by atoms with Crippen LogP contribution in [0.1, 0.15) is 258 Å². The van der Waals surface area contributed by atoms with Crippen molar-refractivity contribution in [2.75, 3.05) is 13.2 Å². The average molecular weight is 841 g/mol. The van der Waals surface area contributed by atoms with E-state index < -0.39 is 6.10 Å². The average Bonchev–Trinajstić information content (AvgIpc) is 3.24. The number of carbonyl (C=O) groups excluding carboxylic acids is 3. The molecule has 0 aliphatic heterocycles. The van der Waals surface area contributed by atoms with E-state index in [0.717, 1.165) is 89.9 Å². The molecule has 0 aromatic heterocycles. The van der Waals surface area contributed by atoms with Gasteiger partial charge in [-0.05, 0) is 77.0 Å². The van der Waals surface area contributed by atoms with Crippen LogP contribution in [0.5, 0.6) is 0 Å². The molecule has 0 heterocycles. The molecule has 348 valence electrons. The molecule has 0 fully saturated rings. The molecular formula is C54H96O6. The molecule has 0 saturated carbocycles. The summed E-state index contributed by atoms with van der Waals surface area (Å²) in [4.78, 5) is 37.9. The van der Waals surface area contributed by atoms with Crippen molar-refractivity contribution in [3.8, 4) is 0 Å². The van der Waals surface area contributed by atoms with E-state index in [4.69, 9.17) is 14.2 Å². The zero-order valence-electron chi connectivity index (χ0n) is 39.7. The molecule has 0 aromatic rings. The molecule has 0 amide bonds. The Kier molecular flexibility index (Phi) is 46.9. The van der Waals surface area contributed by atoms with Crippen LogP contribution in [0, 0.1) is 0 Å². The Labute approximate surface area is 371 Å². The number of unbranched alkanes of at least 4 members (excludes halogenated alkanes) is 27. The molecule has 0 spiro atoms. The van der Waals surface area contributed by atoms with Crippen molar-refractivity contribution >= 4 is 17.9 Å². The van der Waals surface area contributed by atoms with Gasteiger partial charge in [0.15, 0.2) is 6.10 Å². The van der Waals surface area contributed by atoms with Gasteiger partial charge in [-0.2, -0.15) is 0 Å². The predicted octanol–water partition coefficient (Wildman–Crippen LogP) is 16.7. The van der Waals surface area contributed by atoms with E-state index in [1.165, 1.54) is 128 Å². The molecule has 60 heavy (non-hydrogen) atoms. The van der Waals surface area contributed by atoms with Crippen molar-refractivity contribution < 1.29 is 28.6 Å². The second kappa shape index (κ2) is 49.0. The third kappa shape index (κ3) is 46.4. The summed E-state index contributed by atoms with van der Waals surface area (Å²) in [7, 11) is 0. The summed E-state index contributed by atoms with van der Waals surface area (Å²) >= 11 is 0. The van der Waals surface area contributed by atoms with E-state index in [2.05, 4.69) is 69.4 Å². The summed E-state index contributed by atoms with van der Waals surface area (Å²) in [5, 5.41) is 0. The first-order valence-corrected chi connectivity index (χ1v) is 25.6. The van der Waals surface area contributed by atoms with Crippen molar-refractivity contribution in [2.24, 2.45) is 0 Å². The summed E-state index contributed by atoms with van der Waals surface area (Å²) in [5.74, 6) is -0.888. The smallest absolute Gasteiger partial charge is 0.306 e. The van der Waals surface area contributed by atoms with Crippen molar-refractivity contribution in [1.29, 1.82) is 0 Å². The van der Waals surface area contributed by atoms with E-state index in [-0.39, 0.29) is 31.1 Å². The second-order valence-electron chi connectivity index (χ2n) is 17.1. The molecule has 6 heteroatoms. The fraction of sp³-hybridized carbons (Fsp3) is 0.796. The maximum absolute atomic E-state index is 12.8. The standard InChI is InChI=1S/C54H96O6/c1-4-7-10-13-16-19-22-24-26-27-28-30-32-35-38-41-44-47-53(56)59-50-51(49-58-52(55)46-43-40-37-34-31-21-18-15-12-9-6-3)60-54(57)48-45-42-39-36-33-29-25-23-20-17-14-11-8-5-2/h8,11,16-17,19-20,24,26,51H,4-7,9-10,12-15,18,21-23,25,27-50H2,1-3H3/b11-8-,19-16-,20-17-,26-24-. The highest BCUT2D eigenvalue weighted by Crippen LogP contribution is 2.15. The van der Waals surface area contributed by atoms with Gasteiger partial charge in [0.25, 0.3) is 0 Å². The van der Waals surface area contributed by atoms with Gasteiger partial charge in [0.2, 0.25) is 0 Å². The third-order valence-electron chi connectivity index (χ3n) is 11.1. The summed E-state index contributed by atoms with van der Waals surface area (Å²) in [6, 6.07) is 0. The number of hydrogen-bond donors (Lipinski definition) is 0. The number of rotatable bonds is 46. The molecule has 0 aliphatic carbocycles. The molecule has 1 atom stereocenters. The van der Waals surface area contributed by atoms with Crippen molar-refractivity contribution in [1.82, 2.24) is 0 Å². The summed E-state index contributed by atoms with van der Waals surface area (Å²) in [6.07, 6.45) is 58.0. The minimum Gasteiger partial charge on any atom is -0.462 e. The first kappa shape index (κ1) is 57.4. The van der Waals surface area contributed by atoms with Crippen LogP contribution in [-0.2, 0) is 28.6 Å². The highest BCUT2D eigenvalue weighted by atomic mass is 16.6. The van der Waals surface area contributed by atoms with Crippen LogP contribution in [0.4, 0.5) is 0 Å². The fourth-order valence-electron chi connectivity index (χ4n) is 7.22. The van der Waals surface area contributed by atoms with Crippen LogP contribution >= 0.6 is 0 Å². The Morgan fingerprint density at radius 1 is 0.350 bits per heavy atom. The Bertz CT molecular complexity index is 1060. The van der Waals surface area contributed by atoms with E-state index in [9.17, 15) is 14.4 Å². The fourth-order valence-corrected chi connectivity index (χ4v) is 7.22. The number of carbonyl (C=O) groups is 3. The molecule has 0 saturated heterocycles. The zero-order valence-corrected chi connectivity index (χ0v) is 39.7. The molecule has 0 aliphatic rings. The summed E-state index contributed by atoms with van der Waals surface area (Å²) in [5.41, 5.74) is 0. The van der Waals surface area contributed by atoms with E-state index >= 15 is 0 Å². The predicted molar refractivity (Wildman–Crippen MR) is 256 cm³/mol.